The fraction of sp³-hybridized carbons (Fsp3) is 1.00. The van der Waals surface area contributed by atoms with Gasteiger partial charge in [0.25, 0.3) is 0 Å². The van der Waals surface area contributed by atoms with Crippen molar-refractivity contribution in [2.45, 2.75) is 85.7 Å². The Morgan fingerprint density at radius 1 is 1.06 bits per heavy atom. The van der Waals surface area contributed by atoms with Gasteiger partial charge in [0.15, 0.2) is 0 Å². The molecule has 1 aliphatic carbocycles. The Balaban J connectivity index is 0.000000366. The summed E-state index contributed by atoms with van der Waals surface area (Å²) in [6.07, 6.45) is 9.05. The van der Waals surface area contributed by atoms with Crippen LogP contribution in [0, 0.1) is 17.8 Å². The molecule has 1 heteroatoms. The number of hydrogen-bond acceptors (Lipinski definition) is 1. The zero-order valence-corrected chi connectivity index (χ0v) is 12.7. The van der Waals surface area contributed by atoms with E-state index in [9.17, 15) is 5.11 Å². The van der Waals surface area contributed by atoms with Crippen LogP contribution in [-0.2, 0) is 0 Å². The second kappa shape index (κ2) is 9.94. The third-order valence-electron chi connectivity index (χ3n) is 3.94. The standard InChI is InChI=1S/C10H20O.C6H14/c1-7(2)9-5-4-8(3)6-10(9)11;1-3-5-6-4-2/h7-11H,4-6H2,1-3H3;3-6H2,1-2H3. The lowest BCUT2D eigenvalue weighted by Gasteiger charge is -2.33. The van der Waals surface area contributed by atoms with Gasteiger partial charge in [0, 0.05) is 0 Å². The zero-order chi connectivity index (χ0) is 13.3. The zero-order valence-electron chi connectivity index (χ0n) is 12.7. The van der Waals surface area contributed by atoms with Gasteiger partial charge in [-0.2, -0.15) is 0 Å². The quantitative estimate of drug-likeness (QED) is 0.686. The molecule has 17 heavy (non-hydrogen) atoms. The van der Waals surface area contributed by atoms with Crippen LogP contribution in [0.3, 0.4) is 0 Å². The predicted octanol–water partition coefficient (Wildman–Crippen LogP) is 5.03. The summed E-state index contributed by atoms with van der Waals surface area (Å²) in [7, 11) is 0. The second-order valence-corrected chi connectivity index (χ2v) is 6.10. The fourth-order valence-electron chi connectivity index (χ4n) is 2.65. The van der Waals surface area contributed by atoms with Crippen LogP contribution in [0.2, 0.25) is 0 Å². The molecule has 0 aromatic rings. The first-order chi connectivity index (χ1) is 8.02. The van der Waals surface area contributed by atoms with Crippen LogP contribution in [-0.4, -0.2) is 11.2 Å². The van der Waals surface area contributed by atoms with Crippen molar-refractivity contribution in [2.24, 2.45) is 17.8 Å². The van der Waals surface area contributed by atoms with Crippen LogP contribution in [0.1, 0.15) is 79.6 Å². The molecule has 1 saturated carbocycles. The van der Waals surface area contributed by atoms with E-state index in [1.54, 1.807) is 0 Å². The summed E-state index contributed by atoms with van der Waals surface area (Å²) in [5.74, 6) is 1.95. The van der Waals surface area contributed by atoms with E-state index in [2.05, 4.69) is 34.6 Å². The Kier molecular flexibility index (Phi) is 9.91. The smallest absolute Gasteiger partial charge is 0.0573 e. The van der Waals surface area contributed by atoms with Crippen molar-refractivity contribution < 1.29 is 5.11 Å². The normalized spacial score (nSPS) is 28.8. The minimum Gasteiger partial charge on any atom is -0.393 e. The summed E-state index contributed by atoms with van der Waals surface area (Å²) >= 11 is 0. The van der Waals surface area contributed by atoms with E-state index in [0.29, 0.717) is 11.8 Å². The molecule has 1 fully saturated rings. The van der Waals surface area contributed by atoms with Crippen molar-refractivity contribution in [3.05, 3.63) is 0 Å². The van der Waals surface area contributed by atoms with Gasteiger partial charge >= 0.3 is 0 Å². The first kappa shape index (κ1) is 17.0. The Morgan fingerprint density at radius 2 is 1.59 bits per heavy atom. The average molecular weight is 242 g/mol. The van der Waals surface area contributed by atoms with Crippen LogP contribution in [0.25, 0.3) is 0 Å². The van der Waals surface area contributed by atoms with Gasteiger partial charge < -0.3 is 5.11 Å². The van der Waals surface area contributed by atoms with E-state index in [1.807, 2.05) is 0 Å². The molecule has 0 aromatic heterocycles. The van der Waals surface area contributed by atoms with Crippen LogP contribution in [0.4, 0.5) is 0 Å². The third kappa shape index (κ3) is 7.81. The first-order valence-corrected chi connectivity index (χ1v) is 7.70. The molecule has 1 rings (SSSR count). The van der Waals surface area contributed by atoms with Gasteiger partial charge in [0.2, 0.25) is 0 Å². The lowest BCUT2D eigenvalue weighted by atomic mass is 9.75. The minimum absolute atomic E-state index is 0.0289. The summed E-state index contributed by atoms with van der Waals surface area (Å²) in [5, 5.41) is 9.71. The largest absolute Gasteiger partial charge is 0.393 e. The maximum absolute atomic E-state index is 9.71. The van der Waals surface area contributed by atoms with Gasteiger partial charge in [-0.05, 0) is 30.6 Å². The van der Waals surface area contributed by atoms with E-state index < -0.39 is 0 Å². The minimum atomic E-state index is -0.0289. The molecule has 0 aromatic carbocycles. The van der Waals surface area contributed by atoms with Crippen molar-refractivity contribution >= 4 is 0 Å². The molecule has 3 unspecified atom stereocenters. The van der Waals surface area contributed by atoms with E-state index in [-0.39, 0.29) is 6.10 Å². The molecule has 0 heterocycles. The Labute approximate surface area is 109 Å². The molecule has 1 aliphatic rings. The fourth-order valence-corrected chi connectivity index (χ4v) is 2.65. The van der Waals surface area contributed by atoms with Gasteiger partial charge in [-0.25, -0.2) is 0 Å². The number of rotatable bonds is 4. The summed E-state index contributed by atoms with van der Waals surface area (Å²) in [6.45, 7) is 11.1. The Hall–Kier alpha value is -0.0400. The highest BCUT2D eigenvalue weighted by molar-refractivity contribution is 4.79. The van der Waals surface area contributed by atoms with E-state index in [4.69, 9.17) is 0 Å². The number of unbranched alkanes of at least 4 members (excludes halogenated alkanes) is 3. The molecule has 0 amide bonds. The molecule has 3 atom stereocenters. The van der Waals surface area contributed by atoms with E-state index >= 15 is 0 Å². The second-order valence-electron chi connectivity index (χ2n) is 6.10. The summed E-state index contributed by atoms with van der Waals surface area (Å²) < 4.78 is 0. The molecule has 104 valence electrons. The van der Waals surface area contributed by atoms with Crippen LogP contribution in [0.5, 0.6) is 0 Å². The maximum Gasteiger partial charge on any atom is 0.0573 e. The van der Waals surface area contributed by atoms with Crippen molar-refractivity contribution in [2.75, 3.05) is 0 Å². The number of hydrogen-bond donors (Lipinski definition) is 1. The van der Waals surface area contributed by atoms with Crippen LogP contribution in [0.15, 0.2) is 0 Å². The topological polar surface area (TPSA) is 20.2 Å². The molecule has 0 spiro atoms. The predicted molar refractivity (Wildman–Crippen MR) is 77.2 cm³/mol. The summed E-state index contributed by atoms with van der Waals surface area (Å²) in [6, 6.07) is 0. The molecule has 0 saturated heterocycles. The highest BCUT2D eigenvalue weighted by atomic mass is 16.3. The molecule has 1 N–H and O–H groups in total. The molecule has 0 radical (unpaired) electrons. The van der Waals surface area contributed by atoms with Gasteiger partial charge in [-0.1, -0.05) is 66.7 Å². The van der Waals surface area contributed by atoms with Crippen molar-refractivity contribution in [1.82, 2.24) is 0 Å². The SMILES string of the molecule is CC1CCC(C(C)C)C(O)C1.CCCCCC. The lowest BCUT2D eigenvalue weighted by Crippen LogP contribution is -2.31. The van der Waals surface area contributed by atoms with Crippen LogP contribution < -0.4 is 0 Å². The number of aliphatic hydroxyl groups excluding tert-OH is 1. The van der Waals surface area contributed by atoms with Crippen molar-refractivity contribution in [3.63, 3.8) is 0 Å². The molecular formula is C16H34O. The lowest BCUT2D eigenvalue weighted by molar-refractivity contribution is 0.0266. The van der Waals surface area contributed by atoms with Crippen LogP contribution >= 0.6 is 0 Å². The molecular weight excluding hydrogens is 208 g/mol. The monoisotopic (exact) mass is 242 g/mol. The third-order valence-corrected chi connectivity index (χ3v) is 3.94. The van der Waals surface area contributed by atoms with Gasteiger partial charge in [-0.15, -0.1) is 0 Å². The average Bonchev–Trinajstić information content (AvgIpc) is 2.26. The van der Waals surface area contributed by atoms with E-state index in [1.165, 1.54) is 38.5 Å². The van der Waals surface area contributed by atoms with Crippen molar-refractivity contribution in [3.8, 4) is 0 Å². The highest BCUT2D eigenvalue weighted by Gasteiger charge is 2.28. The van der Waals surface area contributed by atoms with Gasteiger partial charge in [0.1, 0.15) is 0 Å². The van der Waals surface area contributed by atoms with Gasteiger partial charge in [-0.3, -0.25) is 0 Å². The van der Waals surface area contributed by atoms with Crippen molar-refractivity contribution in [1.29, 1.82) is 0 Å². The Bertz CT molecular complexity index is 161. The summed E-state index contributed by atoms with van der Waals surface area (Å²) in [4.78, 5) is 0. The maximum atomic E-state index is 9.71. The molecule has 1 nitrogen and oxygen atoms in total. The molecule has 0 aliphatic heterocycles. The highest BCUT2D eigenvalue weighted by Crippen LogP contribution is 2.33. The Morgan fingerprint density at radius 3 is 1.94 bits per heavy atom. The first-order valence-electron chi connectivity index (χ1n) is 7.70. The summed E-state index contributed by atoms with van der Waals surface area (Å²) in [5.41, 5.74) is 0. The number of aliphatic hydroxyl groups is 1. The molecule has 0 bridgehead atoms. The van der Waals surface area contributed by atoms with E-state index in [0.717, 1.165) is 12.3 Å². The van der Waals surface area contributed by atoms with Gasteiger partial charge in [0.05, 0.1) is 6.10 Å².